The SMILES string of the molecule is O=C(CSc1ccc(Cl)cc1)Nc1ccccc1C(=O)N1CCC(c2ccccc2)C1. The summed E-state index contributed by atoms with van der Waals surface area (Å²) in [7, 11) is 0. The number of carbonyl (C=O) groups excluding carboxylic acids is 2. The van der Waals surface area contributed by atoms with E-state index in [4.69, 9.17) is 11.6 Å². The maximum absolute atomic E-state index is 13.2. The normalized spacial score (nSPS) is 15.6. The molecular weight excluding hydrogens is 428 g/mol. The molecule has 1 aliphatic heterocycles. The first-order chi connectivity index (χ1) is 15.1. The predicted molar refractivity (Wildman–Crippen MR) is 127 cm³/mol. The summed E-state index contributed by atoms with van der Waals surface area (Å²) in [5.41, 5.74) is 2.34. The topological polar surface area (TPSA) is 49.4 Å². The largest absolute Gasteiger partial charge is 0.338 e. The number of benzene rings is 3. The summed E-state index contributed by atoms with van der Waals surface area (Å²) in [4.78, 5) is 28.5. The quantitative estimate of drug-likeness (QED) is 0.490. The van der Waals surface area contributed by atoms with E-state index in [-0.39, 0.29) is 17.6 Å². The van der Waals surface area contributed by atoms with Crippen molar-refractivity contribution in [2.45, 2.75) is 17.2 Å². The molecule has 1 heterocycles. The molecule has 0 spiro atoms. The standard InChI is InChI=1S/C25H23ClN2O2S/c26-20-10-12-21(13-11-20)31-17-24(29)27-23-9-5-4-8-22(23)25(30)28-15-14-19(16-28)18-6-2-1-3-7-18/h1-13,19H,14-17H2,(H,27,29). The van der Waals surface area contributed by atoms with E-state index >= 15 is 0 Å². The van der Waals surface area contributed by atoms with E-state index in [1.807, 2.05) is 47.4 Å². The zero-order chi connectivity index (χ0) is 21.6. The third kappa shape index (κ3) is 5.49. The lowest BCUT2D eigenvalue weighted by Crippen LogP contribution is -2.29. The maximum atomic E-state index is 13.2. The number of likely N-dealkylation sites (tertiary alicyclic amines) is 1. The second-order valence-corrected chi connectivity index (χ2v) is 8.97. The van der Waals surface area contributed by atoms with Crippen molar-refractivity contribution in [1.82, 2.24) is 4.90 Å². The van der Waals surface area contributed by atoms with E-state index < -0.39 is 0 Å². The summed E-state index contributed by atoms with van der Waals surface area (Å²) >= 11 is 7.33. The molecule has 1 atom stereocenters. The third-order valence-corrected chi connectivity index (χ3v) is 6.63. The Balaban J connectivity index is 1.39. The van der Waals surface area contributed by atoms with Crippen LogP contribution in [0.25, 0.3) is 0 Å². The monoisotopic (exact) mass is 450 g/mol. The second kappa shape index (κ2) is 10.0. The number of nitrogens with zero attached hydrogens (tertiary/aromatic N) is 1. The van der Waals surface area contributed by atoms with Crippen LogP contribution in [0.5, 0.6) is 0 Å². The van der Waals surface area contributed by atoms with Crippen LogP contribution < -0.4 is 5.32 Å². The van der Waals surface area contributed by atoms with Gasteiger partial charge < -0.3 is 10.2 Å². The molecule has 1 fully saturated rings. The van der Waals surface area contributed by atoms with Crippen LogP contribution in [0.1, 0.15) is 28.3 Å². The Bertz CT molecular complexity index is 1060. The Morgan fingerprint density at radius 2 is 1.68 bits per heavy atom. The Morgan fingerprint density at radius 1 is 0.968 bits per heavy atom. The van der Waals surface area contributed by atoms with Gasteiger partial charge >= 0.3 is 0 Å². The molecule has 3 aromatic rings. The number of thioether (sulfide) groups is 1. The van der Waals surface area contributed by atoms with Crippen molar-refractivity contribution in [2.75, 3.05) is 24.2 Å². The first kappa shape index (κ1) is 21.5. The number of amides is 2. The van der Waals surface area contributed by atoms with Gasteiger partial charge in [-0.05, 0) is 48.4 Å². The van der Waals surface area contributed by atoms with Gasteiger partial charge in [0.25, 0.3) is 5.91 Å². The van der Waals surface area contributed by atoms with Crippen LogP contribution in [0.4, 0.5) is 5.69 Å². The molecule has 31 heavy (non-hydrogen) atoms. The fraction of sp³-hybridized carbons (Fsp3) is 0.200. The van der Waals surface area contributed by atoms with E-state index in [2.05, 4.69) is 17.4 Å². The predicted octanol–water partition coefficient (Wildman–Crippen LogP) is 5.70. The van der Waals surface area contributed by atoms with Crippen LogP contribution >= 0.6 is 23.4 Å². The van der Waals surface area contributed by atoms with Crippen LogP contribution in [-0.4, -0.2) is 35.6 Å². The zero-order valence-electron chi connectivity index (χ0n) is 17.0. The number of carbonyl (C=O) groups is 2. The summed E-state index contributed by atoms with van der Waals surface area (Å²) < 4.78 is 0. The molecule has 4 rings (SSSR count). The molecule has 1 unspecified atom stereocenters. The molecule has 0 bridgehead atoms. The highest BCUT2D eigenvalue weighted by atomic mass is 35.5. The molecule has 1 aliphatic rings. The van der Waals surface area contributed by atoms with Gasteiger partial charge in [-0.15, -0.1) is 11.8 Å². The Hall–Kier alpha value is -2.76. The minimum absolute atomic E-state index is 0.0420. The number of hydrogen-bond donors (Lipinski definition) is 1. The van der Waals surface area contributed by atoms with Gasteiger partial charge in [0.05, 0.1) is 17.0 Å². The number of para-hydroxylation sites is 1. The Labute approximate surface area is 191 Å². The van der Waals surface area contributed by atoms with Crippen molar-refractivity contribution >= 4 is 40.9 Å². The van der Waals surface area contributed by atoms with Gasteiger partial charge in [0.1, 0.15) is 0 Å². The van der Waals surface area contributed by atoms with Gasteiger partial charge in [0.15, 0.2) is 0 Å². The lowest BCUT2D eigenvalue weighted by molar-refractivity contribution is -0.113. The molecule has 0 aliphatic carbocycles. The van der Waals surface area contributed by atoms with Crippen LogP contribution in [0.15, 0.2) is 83.8 Å². The van der Waals surface area contributed by atoms with E-state index in [1.54, 1.807) is 24.3 Å². The van der Waals surface area contributed by atoms with Gasteiger partial charge in [-0.25, -0.2) is 0 Å². The first-order valence-corrected chi connectivity index (χ1v) is 11.6. The molecule has 158 valence electrons. The van der Waals surface area contributed by atoms with Gasteiger partial charge in [-0.3, -0.25) is 9.59 Å². The van der Waals surface area contributed by atoms with Crippen LogP contribution in [0.2, 0.25) is 5.02 Å². The Morgan fingerprint density at radius 3 is 2.45 bits per heavy atom. The maximum Gasteiger partial charge on any atom is 0.255 e. The van der Waals surface area contributed by atoms with Crippen molar-refractivity contribution < 1.29 is 9.59 Å². The van der Waals surface area contributed by atoms with E-state index in [1.165, 1.54) is 17.3 Å². The van der Waals surface area contributed by atoms with E-state index in [0.29, 0.717) is 35.3 Å². The minimum Gasteiger partial charge on any atom is -0.338 e. The molecule has 4 nitrogen and oxygen atoms in total. The first-order valence-electron chi connectivity index (χ1n) is 10.2. The van der Waals surface area contributed by atoms with E-state index in [0.717, 1.165) is 11.3 Å². The average Bonchev–Trinajstić information content (AvgIpc) is 3.30. The fourth-order valence-corrected chi connectivity index (χ4v) is 4.58. The number of rotatable bonds is 6. The van der Waals surface area contributed by atoms with Crippen molar-refractivity contribution in [3.05, 3.63) is 95.0 Å². The highest BCUT2D eigenvalue weighted by molar-refractivity contribution is 8.00. The summed E-state index contributed by atoms with van der Waals surface area (Å²) in [5.74, 6) is 0.412. The number of halogens is 1. The smallest absolute Gasteiger partial charge is 0.255 e. The molecular formula is C25H23ClN2O2S. The molecule has 0 aromatic heterocycles. The lowest BCUT2D eigenvalue weighted by atomic mass is 9.99. The van der Waals surface area contributed by atoms with Crippen LogP contribution in [0, 0.1) is 0 Å². The van der Waals surface area contributed by atoms with Crippen molar-refractivity contribution in [3.63, 3.8) is 0 Å². The van der Waals surface area contributed by atoms with Crippen LogP contribution in [0.3, 0.4) is 0 Å². The summed E-state index contributed by atoms with van der Waals surface area (Å²) in [6, 6.07) is 24.9. The fourth-order valence-electron chi connectivity index (χ4n) is 3.76. The molecule has 3 aromatic carbocycles. The zero-order valence-corrected chi connectivity index (χ0v) is 18.5. The third-order valence-electron chi connectivity index (χ3n) is 5.36. The number of hydrogen-bond acceptors (Lipinski definition) is 3. The molecule has 1 saturated heterocycles. The summed E-state index contributed by atoms with van der Waals surface area (Å²) in [5, 5.41) is 3.57. The van der Waals surface area contributed by atoms with Gasteiger partial charge in [0, 0.05) is 28.9 Å². The highest BCUT2D eigenvalue weighted by Crippen LogP contribution is 2.29. The van der Waals surface area contributed by atoms with Gasteiger partial charge in [0.2, 0.25) is 5.91 Å². The Kier molecular flexibility index (Phi) is 6.95. The highest BCUT2D eigenvalue weighted by Gasteiger charge is 2.29. The molecule has 6 heteroatoms. The van der Waals surface area contributed by atoms with Crippen LogP contribution in [-0.2, 0) is 4.79 Å². The van der Waals surface area contributed by atoms with Gasteiger partial charge in [-0.1, -0.05) is 54.1 Å². The minimum atomic E-state index is -0.149. The summed E-state index contributed by atoms with van der Waals surface area (Å²) in [6.45, 7) is 1.41. The average molecular weight is 451 g/mol. The van der Waals surface area contributed by atoms with Crippen molar-refractivity contribution in [2.24, 2.45) is 0 Å². The van der Waals surface area contributed by atoms with Crippen molar-refractivity contribution in [1.29, 1.82) is 0 Å². The molecule has 1 N–H and O–H groups in total. The molecule has 0 radical (unpaired) electrons. The molecule has 2 amide bonds. The van der Waals surface area contributed by atoms with Gasteiger partial charge in [-0.2, -0.15) is 0 Å². The second-order valence-electron chi connectivity index (χ2n) is 7.48. The van der Waals surface area contributed by atoms with E-state index in [9.17, 15) is 9.59 Å². The number of anilines is 1. The van der Waals surface area contributed by atoms with Crippen molar-refractivity contribution in [3.8, 4) is 0 Å². The molecule has 0 saturated carbocycles. The lowest BCUT2D eigenvalue weighted by Gasteiger charge is -2.19. The number of nitrogens with one attached hydrogen (secondary N) is 1. The summed E-state index contributed by atoms with van der Waals surface area (Å²) in [6.07, 6.45) is 0.946.